The van der Waals surface area contributed by atoms with Crippen LogP contribution in [0.1, 0.15) is 0 Å². The second-order valence-corrected chi connectivity index (χ2v) is 6.56. The Bertz CT molecular complexity index is 901. The normalized spacial score (nSPS) is 14.8. The Kier molecular flexibility index (Phi) is 7.07. The van der Waals surface area contributed by atoms with Gasteiger partial charge in [0.1, 0.15) is 5.82 Å². The summed E-state index contributed by atoms with van der Waals surface area (Å²) in [4.78, 5) is 18.0. The molecule has 7 nitrogen and oxygen atoms in total. The number of rotatable bonds is 4. The lowest BCUT2D eigenvalue weighted by atomic mass is 10.3. The smallest absolute Gasteiger partial charge is 0.193 e. The number of aromatic nitrogens is 3. The average molecular weight is 491 g/mol. The zero-order chi connectivity index (χ0) is 18.5. The Morgan fingerprint density at radius 2 is 1.82 bits per heavy atom. The molecule has 0 aliphatic carbocycles. The number of para-hydroxylation sites is 2. The van der Waals surface area contributed by atoms with Crippen LogP contribution in [0.4, 0.5) is 5.82 Å². The van der Waals surface area contributed by atoms with E-state index in [0.717, 1.165) is 56.6 Å². The van der Waals surface area contributed by atoms with Crippen molar-refractivity contribution in [1.82, 2.24) is 24.8 Å². The standard InChI is InChI=1S/C20H25N7.HI/c1-21-20(23-10-11-27-16-24-17-6-2-3-7-18(17)27)26-14-12-25(13-15-26)19-8-4-5-9-22-19;/h2-9,16H,10-15H2,1H3,(H,21,23);1H. The highest BCUT2D eigenvalue weighted by Gasteiger charge is 2.20. The van der Waals surface area contributed by atoms with Gasteiger partial charge in [-0.15, -0.1) is 24.0 Å². The van der Waals surface area contributed by atoms with Crippen LogP contribution in [0, 0.1) is 0 Å². The van der Waals surface area contributed by atoms with Crippen molar-refractivity contribution in [2.24, 2.45) is 4.99 Å². The first kappa shape index (κ1) is 20.4. The van der Waals surface area contributed by atoms with Gasteiger partial charge in [0, 0.05) is 52.5 Å². The highest BCUT2D eigenvalue weighted by atomic mass is 127. The van der Waals surface area contributed by atoms with Gasteiger partial charge < -0.3 is 19.7 Å². The molecule has 3 aromatic rings. The van der Waals surface area contributed by atoms with Crippen LogP contribution in [-0.2, 0) is 6.54 Å². The van der Waals surface area contributed by atoms with Crippen LogP contribution in [0.5, 0.6) is 0 Å². The number of halogens is 1. The van der Waals surface area contributed by atoms with Crippen LogP contribution in [0.15, 0.2) is 60.0 Å². The monoisotopic (exact) mass is 491 g/mol. The van der Waals surface area contributed by atoms with Gasteiger partial charge >= 0.3 is 0 Å². The Morgan fingerprint density at radius 3 is 2.57 bits per heavy atom. The van der Waals surface area contributed by atoms with Gasteiger partial charge in [0.2, 0.25) is 0 Å². The van der Waals surface area contributed by atoms with Crippen LogP contribution >= 0.6 is 24.0 Å². The predicted octanol–water partition coefficient (Wildman–Crippen LogP) is 2.45. The number of aliphatic imine (C=N–C) groups is 1. The maximum absolute atomic E-state index is 4.46. The lowest BCUT2D eigenvalue weighted by Crippen LogP contribution is -2.53. The minimum atomic E-state index is 0. The van der Waals surface area contributed by atoms with Gasteiger partial charge in [0.15, 0.2) is 5.96 Å². The first-order chi connectivity index (χ1) is 13.3. The molecule has 2 aromatic heterocycles. The molecule has 0 bridgehead atoms. The molecular formula is C20H26IN7. The molecule has 0 atom stereocenters. The number of anilines is 1. The van der Waals surface area contributed by atoms with Crippen LogP contribution in [-0.4, -0.2) is 65.2 Å². The Morgan fingerprint density at radius 1 is 1.04 bits per heavy atom. The molecule has 1 fully saturated rings. The molecule has 0 amide bonds. The minimum Gasteiger partial charge on any atom is -0.354 e. The molecule has 4 rings (SSSR count). The fourth-order valence-electron chi connectivity index (χ4n) is 3.50. The molecule has 3 heterocycles. The number of pyridine rings is 1. The molecule has 0 saturated carbocycles. The summed E-state index contributed by atoms with van der Waals surface area (Å²) >= 11 is 0. The third-order valence-corrected chi connectivity index (χ3v) is 4.93. The second-order valence-electron chi connectivity index (χ2n) is 6.56. The average Bonchev–Trinajstić information content (AvgIpc) is 3.15. The summed E-state index contributed by atoms with van der Waals surface area (Å²) in [7, 11) is 1.85. The van der Waals surface area contributed by atoms with E-state index in [2.05, 4.69) is 46.8 Å². The number of benzene rings is 1. The van der Waals surface area contributed by atoms with E-state index in [1.807, 2.05) is 49.9 Å². The van der Waals surface area contributed by atoms with Gasteiger partial charge in [0.05, 0.1) is 17.4 Å². The summed E-state index contributed by atoms with van der Waals surface area (Å²) < 4.78 is 2.18. The molecule has 1 aliphatic heterocycles. The Balaban J connectivity index is 0.00000225. The zero-order valence-corrected chi connectivity index (χ0v) is 18.4. The number of nitrogens with one attached hydrogen (secondary N) is 1. The predicted molar refractivity (Wildman–Crippen MR) is 125 cm³/mol. The Labute approximate surface area is 182 Å². The quantitative estimate of drug-likeness (QED) is 0.345. The first-order valence-electron chi connectivity index (χ1n) is 9.36. The molecule has 0 radical (unpaired) electrons. The molecule has 1 aromatic carbocycles. The highest BCUT2D eigenvalue weighted by Crippen LogP contribution is 2.13. The summed E-state index contributed by atoms with van der Waals surface area (Å²) in [6, 6.07) is 14.3. The summed E-state index contributed by atoms with van der Waals surface area (Å²) in [5.41, 5.74) is 2.20. The summed E-state index contributed by atoms with van der Waals surface area (Å²) in [5, 5.41) is 3.49. The molecular weight excluding hydrogens is 465 g/mol. The van der Waals surface area contributed by atoms with Gasteiger partial charge in [-0.1, -0.05) is 18.2 Å². The van der Waals surface area contributed by atoms with E-state index in [1.54, 1.807) is 0 Å². The molecule has 148 valence electrons. The summed E-state index contributed by atoms with van der Waals surface area (Å²) in [6.07, 6.45) is 3.75. The van der Waals surface area contributed by atoms with Gasteiger partial charge in [-0.25, -0.2) is 9.97 Å². The summed E-state index contributed by atoms with van der Waals surface area (Å²) in [5.74, 6) is 2.01. The van der Waals surface area contributed by atoms with Crippen LogP contribution in [0.25, 0.3) is 11.0 Å². The maximum Gasteiger partial charge on any atom is 0.193 e. The van der Waals surface area contributed by atoms with E-state index in [-0.39, 0.29) is 24.0 Å². The number of fused-ring (bicyclic) bond motifs is 1. The molecule has 1 N–H and O–H groups in total. The van der Waals surface area contributed by atoms with Crippen molar-refractivity contribution in [2.45, 2.75) is 6.54 Å². The van der Waals surface area contributed by atoms with Crippen LogP contribution in [0.2, 0.25) is 0 Å². The van der Waals surface area contributed by atoms with Crippen LogP contribution < -0.4 is 10.2 Å². The number of guanidine groups is 1. The third kappa shape index (κ3) is 4.54. The van der Waals surface area contributed by atoms with E-state index in [9.17, 15) is 0 Å². The minimum absolute atomic E-state index is 0. The van der Waals surface area contributed by atoms with Crippen molar-refractivity contribution in [3.63, 3.8) is 0 Å². The maximum atomic E-state index is 4.46. The fraction of sp³-hybridized carbons (Fsp3) is 0.350. The molecule has 8 heteroatoms. The van der Waals surface area contributed by atoms with E-state index in [0.29, 0.717) is 0 Å². The van der Waals surface area contributed by atoms with Gasteiger partial charge in [-0.05, 0) is 24.3 Å². The first-order valence-corrected chi connectivity index (χ1v) is 9.36. The number of hydrogen-bond donors (Lipinski definition) is 1. The largest absolute Gasteiger partial charge is 0.354 e. The van der Waals surface area contributed by atoms with Crippen molar-refractivity contribution in [2.75, 3.05) is 44.7 Å². The number of hydrogen-bond acceptors (Lipinski definition) is 4. The van der Waals surface area contributed by atoms with E-state index < -0.39 is 0 Å². The van der Waals surface area contributed by atoms with Gasteiger partial charge in [0.25, 0.3) is 0 Å². The van der Waals surface area contributed by atoms with Crippen molar-refractivity contribution in [1.29, 1.82) is 0 Å². The second kappa shape index (κ2) is 9.72. The molecule has 0 unspecified atom stereocenters. The zero-order valence-electron chi connectivity index (χ0n) is 16.0. The lowest BCUT2D eigenvalue weighted by Gasteiger charge is -2.37. The Hall–Kier alpha value is -2.36. The van der Waals surface area contributed by atoms with Crippen molar-refractivity contribution >= 4 is 46.8 Å². The van der Waals surface area contributed by atoms with Crippen LogP contribution in [0.3, 0.4) is 0 Å². The molecule has 1 aliphatic rings. The number of nitrogens with zero attached hydrogens (tertiary/aromatic N) is 6. The number of piperazine rings is 1. The van der Waals surface area contributed by atoms with Crippen molar-refractivity contribution < 1.29 is 0 Å². The molecule has 28 heavy (non-hydrogen) atoms. The number of imidazole rings is 1. The van der Waals surface area contributed by atoms with E-state index >= 15 is 0 Å². The van der Waals surface area contributed by atoms with E-state index in [4.69, 9.17) is 0 Å². The third-order valence-electron chi connectivity index (χ3n) is 4.93. The van der Waals surface area contributed by atoms with Crippen molar-refractivity contribution in [3.05, 3.63) is 55.0 Å². The fourth-order valence-corrected chi connectivity index (χ4v) is 3.50. The topological polar surface area (TPSA) is 61.6 Å². The van der Waals surface area contributed by atoms with Gasteiger partial charge in [-0.2, -0.15) is 0 Å². The van der Waals surface area contributed by atoms with Crippen molar-refractivity contribution in [3.8, 4) is 0 Å². The van der Waals surface area contributed by atoms with Gasteiger partial charge in [-0.3, -0.25) is 4.99 Å². The molecule has 1 saturated heterocycles. The highest BCUT2D eigenvalue weighted by molar-refractivity contribution is 14.0. The summed E-state index contributed by atoms with van der Waals surface area (Å²) in [6.45, 7) is 5.43. The lowest BCUT2D eigenvalue weighted by molar-refractivity contribution is 0.371. The molecule has 0 spiro atoms. The van der Waals surface area contributed by atoms with E-state index in [1.165, 1.54) is 5.52 Å². The SMILES string of the molecule is CN=C(NCCn1cnc2ccccc21)N1CCN(c2ccccn2)CC1.I.